The Bertz CT molecular complexity index is 319. The summed E-state index contributed by atoms with van der Waals surface area (Å²) in [6.45, 7) is 2.73. The van der Waals surface area contributed by atoms with E-state index < -0.39 is 0 Å². The Morgan fingerprint density at radius 3 is 2.80 bits per heavy atom. The summed E-state index contributed by atoms with van der Waals surface area (Å²) >= 11 is 9.26. The molecular formula is C11H15BrClNO. The summed E-state index contributed by atoms with van der Waals surface area (Å²) in [5.74, 6) is 0.819. The average Bonchev–Trinajstić information content (AvgIpc) is 2.21. The molecule has 1 unspecified atom stereocenters. The van der Waals surface area contributed by atoms with E-state index >= 15 is 0 Å². The largest absolute Gasteiger partial charge is 0.489 e. The van der Waals surface area contributed by atoms with Crippen LogP contribution in [-0.4, -0.2) is 12.6 Å². The summed E-state index contributed by atoms with van der Waals surface area (Å²) in [4.78, 5) is 0. The maximum Gasteiger partial charge on any atom is 0.133 e. The highest BCUT2D eigenvalue weighted by Crippen LogP contribution is 2.29. The minimum atomic E-state index is 0.174. The molecule has 0 radical (unpaired) electrons. The van der Waals surface area contributed by atoms with Crippen LogP contribution in [0.3, 0.4) is 0 Å². The highest BCUT2D eigenvalue weighted by atomic mass is 79.9. The van der Waals surface area contributed by atoms with Gasteiger partial charge in [-0.05, 0) is 53.5 Å². The van der Waals surface area contributed by atoms with E-state index in [9.17, 15) is 0 Å². The summed E-state index contributed by atoms with van der Waals surface area (Å²) in [6, 6.07) is 5.51. The molecule has 1 aromatic rings. The van der Waals surface area contributed by atoms with E-state index in [4.69, 9.17) is 22.1 Å². The van der Waals surface area contributed by atoms with Crippen molar-refractivity contribution in [3.63, 3.8) is 0 Å². The second-order valence-corrected chi connectivity index (χ2v) is 4.59. The van der Waals surface area contributed by atoms with Gasteiger partial charge in [-0.25, -0.2) is 0 Å². The Morgan fingerprint density at radius 2 is 2.27 bits per heavy atom. The van der Waals surface area contributed by atoms with Crippen LogP contribution in [0, 0.1) is 0 Å². The predicted molar refractivity (Wildman–Crippen MR) is 67.5 cm³/mol. The topological polar surface area (TPSA) is 35.2 Å². The van der Waals surface area contributed by atoms with Crippen LogP contribution in [0.15, 0.2) is 22.7 Å². The first-order valence-corrected chi connectivity index (χ1v) is 6.16. The lowest BCUT2D eigenvalue weighted by atomic mass is 10.2. The van der Waals surface area contributed by atoms with E-state index in [0.717, 1.165) is 23.1 Å². The molecule has 0 aliphatic carbocycles. The Hall–Kier alpha value is -0.250. The van der Waals surface area contributed by atoms with Gasteiger partial charge in [0.25, 0.3) is 0 Å². The van der Waals surface area contributed by atoms with Gasteiger partial charge in [0.15, 0.2) is 0 Å². The normalized spacial score (nSPS) is 12.5. The molecule has 0 aromatic heterocycles. The molecular weight excluding hydrogens is 277 g/mol. The molecule has 4 heteroatoms. The molecule has 0 saturated carbocycles. The summed E-state index contributed by atoms with van der Waals surface area (Å²) in [7, 11) is 0. The Morgan fingerprint density at radius 1 is 1.53 bits per heavy atom. The van der Waals surface area contributed by atoms with Crippen molar-refractivity contribution in [2.45, 2.75) is 25.9 Å². The van der Waals surface area contributed by atoms with E-state index in [1.165, 1.54) is 0 Å². The zero-order valence-electron chi connectivity index (χ0n) is 8.67. The van der Waals surface area contributed by atoms with Crippen molar-refractivity contribution < 1.29 is 4.74 Å². The molecule has 2 nitrogen and oxygen atoms in total. The molecule has 2 N–H and O–H groups in total. The third-order valence-electron chi connectivity index (χ3n) is 2.13. The lowest BCUT2D eigenvalue weighted by molar-refractivity contribution is 0.188. The fourth-order valence-electron chi connectivity index (χ4n) is 1.28. The second-order valence-electron chi connectivity index (χ2n) is 3.30. The van der Waals surface area contributed by atoms with Crippen LogP contribution in [-0.2, 0) is 0 Å². The van der Waals surface area contributed by atoms with Crippen molar-refractivity contribution >= 4 is 27.5 Å². The van der Waals surface area contributed by atoms with E-state index in [-0.39, 0.29) is 6.10 Å². The maximum atomic E-state index is 5.84. The standard InChI is InChI=1S/C11H15BrClNO/c1-2-9(5-6-14)15-11-4-3-8(13)7-10(11)12/h3-4,7,9H,2,5-6,14H2,1H3. The van der Waals surface area contributed by atoms with E-state index in [1.54, 1.807) is 0 Å². The zero-order chi connectivity index (χ0) is 11.3. The first-order chi connectivity index (χ1) is 7.17. The third-order valence-corrected chi connectivity index (χ3v) is 2.99. The van der Waals surface area contributed by atoms with Crippen LogP contribution in [0.4, 0.5) is 0 Å². The third kappa shape index (κ3) is 4.01. The quantitative estimate of drug-likeness (QED) is 0.900. The first kappa shape index (κ1) is 12.8. The highest BCUT2D eigenvalue weighted by molar-refractivity contribution is 9.10. The first-order valence-electron chi connectivity index (χ1n) is 4.99. The van der Waals surface area contributed by atoms with Crippen molar-refractivity contribution in [1.29, 1.82) is 0 Å². The van der Waals surface area contributed by atoms with Crippen LogP contribution in [0.1, 0.15) is 19.8 Å². The maximum absolute atomic E-state index is 5.84. The number of ether oxygens (including phenoxy) is 1. The number of hydrogen-bond donors (Lipinski definition) is 1. The lowest BCUT2D eigenvalue weighted by Gasteiger charge is -2.17. The molecule has 0 amide bonds. The molecule has 1 atom stereocenters. The van der Waals surface area contributed by atoms with Crippen LogP contribution in [0.25, 0.3) is 0 Å². The summed E-state index contributed by atoms with van der Waals surface area (Å²) in [6.07, 6.45) is 1.99. The monoisotopic (exact) mass is 291 g/mol. The van der Waals surface area contributed by atoms with Crippen LogP contribution in [0.2, 0.25) is 5.02 Å². The number of halogens is 2. The van der Waals surface area contributed by atoms with Crippen molar-refractivity contribution in [3.8, 4) is 5.75 Å². The smallest absolute Gasteiger partial charge is 0.133 e. The Kier molecular flexibility index (Phi) is 5.43. The van der Waals surface area contributed by atoms with Gasteiger partial charge in [0.05, 0.1) is 10.6 Å². The number of nitrogens with two attached hydrogens (primary N) is 1. The van der Waals surface area contributed by atoms with Gasteiger partial charge in [0.1, 0.15) is 5.75 Å². The number of rotatable bonds is 5. The summed E-state index contributed by atoms with van der Waals surface area (Å²) in [5, 5.41) is 0.695. The molecule has 0 aliphatic heterocycles. The predicted octanol–water partition coefficient (Wildman–Crippen LogP) is 3.61. The Balaban J connectivity index is 2.70. The van der Waals surface area contributed by atoms with Gasteiger partial charge >= 0.3 is 0 Å². The number of hydrogen-bond acceptors (Lipinski definition) is 2. The van der Waals surface area contributed by atoms with Crippen LogP contribution >= 0.6 is 27.5 Å². The minimum Gasteiger partial charge on any atom is -0.489 e. The molecule has 0 aliphatic rings. The molecule has 0 fully saturated rings. The minimum absolute atomic E-state index is 0.174. The SMILES string of the molecule is CCC(CCN)Oc1ccc(Cl)cc1Br. The molecule has 1 aromatic carbocycles. The molecule has 15 heavy (non-hydrogen) atoms. The number of benzene rings is 1. The van der Waals surface area contributed by atoms with Crippen LogP contribution in [0.5, 0.6) is 5.75 Å². The average molecular weight is 293 g/mol. The van der Waals surface area contributed by atoms with E-state index in [2.05, 4.69) is 22.9 Å². The van der Waals surface area contributed by atoms with E-state index in [1.807, 2.05) is 18.2 Å². The van der Waals surface area contributed by atoms with Crippen molar-refractivity contribution in [2.75, 3.05) is 6.54 Å². The Labute approximate surface area is 104 Å². The van der Waals surface area contributed by atoms with Crippen molar-refractivity contribution in [2.24, 2.45) is 5.73 Å². The molecule has 1 rings (SSSR count). The molecule has 0 heterocycles. The molecule has 0 spiro atoms. The van der Waals surface area contributed by atoms with E-state index in [0.29, 0.717) is 11.6 Å². The highest BCUT2D eigenvalue weighted by Gasteiger charge is 2.09. The van der Waals surface area contributed by atoms with Gasteiger partial charge in [-0.15, -0.1) is 0 Å². The van der Waals surface area contributed by atoms with Gasteiger partial charge in [0, 0.05) is 5.02 Å². The van der Waals surface area contributed by atoms with Gasteiger partial charge in [0.2, 0.25) is 0 Å². The lowest BCUT2D eigenvalue weighted by Crippen LogP contribution is -2.19. The molecule has 84 valence electrons. The zero-order valence-corrected chi connectivity index (χ0v) is 11.0. The van der Waals surface area contributed by atoms with Crippen LogP contribution < -0.4 is 10.5 Å². The van der Waals surface area contributed by atoms with Gasteiger partial charge in [-0.1, -0.05) is 18.5 Å². The molecule has 0 bridgehead atoms. The second kappa shape index (κ2) is 6.36. The summed E-state index contributed by atoms with van der Waals surface area (Å²) in [5.41, 5.74) is 5.51. The fourth-order valence-corrected chi connectivity index (χ4v) is 2.06. The molecule has 0 saturated heterocycles. The van der Waals surface area contributed by atoms with Gasteiger partial charge in [-0.3, -0.25) is 0 Å². The van der Waals surface area contributed by atoms with Crippen molar-refractivity contribution in [3.05, 3.63) is 27.7 Å². The fraction of sp³-hybridized carbons (Fsp3) is 0.455. The van der Waals surface area contributed by atoms with Crippen molar-refractivity contribution in [1.82, 2.24) is 0 Å². The summed E-state index contributed by atoms with van der Waals surface area (Å²) < 4.78 is 6.68. The van der Waals surface area contributed by atoms with Gasteiger partial charge in [-0.2, -0.15) is 0 Å². The van der Waals surface area contributed by atoms with Gasteiger partial charge < -0.3 is 10.5 Å².